The Balaban J connectivity index is 1.52. The van der Waals surface area contributed by atoms with Crippen molar-refractivity contribution in [2.24, 2.45) is 0 Å². The Bertz CT molecular complexity index is 1430. The third-order valence-electron chi connectivity index (χ3n) is 5.22. The third kappa shape index (κ3) is 5.33. The van der Waals surface area contributed by atoms with Gasteiger partial charge in [0.15, 0.2) is 0 Å². The molecule has 8 nitrogen and oxygen atoms in total. The number of benzene rings is 3. The van der Waals surface area contributed by atoms with Crippen molar-refractivity contribution in [3.63, 3.8) is 0 Å². The molecule has 0 aliphatic carbocycles. The average molecular weight is 474 g/mol. The van der Waals surface area contributed by atoms with E-state index in [1.54, 1.807) is 50.4 Å². The summed E-state index contributed by atoms with van der Waals surface area (Å²) in [5, 5.41) is 0.270. The first-order valence-corrected chi connectivity index (χ1v) is 10.6. The van der Waals surface area contributed by atoms with E-state index in [2.05, 4.69) is 4.74 Å². The molecular weight excluding hydrogens is 452 g/mol. The molecule has 0 atom stereocenters. The lowest BCUT2D eigenvalue weighted by Gasteiger charge is -2.10. The van der Waals surface area contributed by atoms with Crippen molar-refractivity contribution in [3.8, 4) is 23.0 Å². The van der Waals surface area contributed by atoms with Crippen LogP contribution in [-0.2, 0) is 16.0 Å². The number of esters is 2. The van der Waals surface area contributed by atoms with Gasteiger partial charge in [0.1, 0.15) is 28.6 Å². The molecule has 35 heavy (non-hydrogen) atoms. The van der Waals surface area contributed by atoms with E-state index < -0.39 is 11.9 Å². The quantitative estimate of drug-likeness (QED) is 0.277. The molecule has 0 spiro atoms. The summed E-state index contributed by atoms with van der Waals surface area (Å²) in [5.74, 6) is 0.655. The van der Waals surface area contributed by atoms with Gasteiger partial charge in [-0.2, -0.15) is 0 Å². The highest BCUT2D eigenvalue weighted by molar-refractivity contribution is 5.89. The number of carbonyl (C=O) groups excluding carboxylic acids is 2. The Kier molecular flexibility index (Phi) is 6.82. The number of carbonyl (C=O) groups is 2. The molecule has 3 aromatic carbocycles. The Morgan fingerprint density at radius 1 is 0.857 bits per heavy atom. The zero-order valence-electron chi connectivity index (χ0n) is 19.3. The zero-order chi connectivity index (χ0) is 24.9. The summed E-state index contributed by atoms with van der Waals surface area (Å²) in [7, 11) is 2.87. The summed E-state index contributed by atoms with van der Waals surface area (Å²) in [5.41, 5.74) is 1.02. The normalized spacial score (nSPS) is 10.6. The van der Waals surface area contributed by atoms with E-state index >= 15 is 0 Å². The number of ether oxygens (including phenoxy) is 4. The summed E-state index contributed by atoms with van der Waals surface area (Å²) >= 11 is 0. The van der Waals surface area contributed by atoms with Gasteiger partial charge in [0.2, 0.25) is 11.2 Å². The molecule has 178 valence electrons. The van der Waals surface area contributed by atoms with E-state index in [0.29, 0.717) is 17.1 Å². The van der Waals surface area contributed by atoms with Crippen LogP contribution in [0.3, 0.4) is 0 Å². The highest BCUT2D eigenvalue weighted by Crippen LogP contribution is 2.28. The number of rotatable bonds is 7. The minimum Gasteiger partial charge on any atom is -0.497 e. The Labute approximate surface area is 200 Å². The SMILES string of the molecule is COC(=O)c1ccc(Oc2c(C)oc3cc(OC(=O)Cc4ccc(OC)cc4)ccc3c2=O)cc1. The maximum absolute atomic E-state index is 13.0. The van der Waals surface area contributed by atoms with Crippen LogP contribution in [0.5, 0.6) is 23.0 Å². The Hall–Kier alpha value is -4.59. The fourth-order valence-corrected chi connectivity index (χ4v) is 3.42. The number of hydrogen-bond donors (Lipinski definition) is 0. The molecule has 0 N–H and O–H groups in total. The Morgan fingerprint density at radius 2 is 1.51 bits per heavy atom. The molecule has 0 bridgehead atoms. The molecule has 4 aromatic rings. The minimum absolute atomic E-state index is 0.0209. The molecule has 0 aliphatic heterocycles. The zero-order valence-corrected chi connectivity index (χ0v) is 19.3. The minimum atomic E-state index is -0.474. The van der Waals surface area contributed by atoms with Gasteiger partial charge in [0, 0.05) is 6.07 Å². The molecule has 1 heterocycles. The molecule has 1 aromatic heterocycles. The van der Waals surface area contributed by atoms with Crippen molar-refractivity contribution >= 4 is 22.9 Å². The summed E-state index contributed by atoms with van der Waals surface area (Å²) in [6, 6.07) is 17.8. The maximum Gasteiger partial charge on any atom is 0.337 e. The largest absolute Gasteiger partial charge is 0.497 e. The van der Waals surface area contributed by atoms with Gasteiger partial charge in [0.05, 0.1) is 31.6 Å². The van der Waals surface area contributed by atoms with Crippen LogP contribution in [0.1, 0.15) is 21.7 Å². The first-order valence-electron chi connectivity index (χ1n) is 10.6. The van der Waals surface area contributed by atoms with E-state index in [0.717, 1.165) is 5.56 Å². The van der Waals surface area contributed by atoms with Crippen LogP contribution in [0.2, 0.25) is 0 Å². The number of aryl methyl sites for hydroxylation is 1. The van der Waals surface area contributed by atoms with Gasteiger partial charge >= 0.3 is 11.9 Å². The Morgan fingerprint density at radius 3 is 2.17 bits per heavy atom. The molecule has 0 saturated carbocycles. The smallest absolute Gasteiger partial charge is 0.337 e. The van der Waals surface area contributed by atoms with E-state index in [4.69, 9.17) is 18.6 Å². The highest BCUT2D eigenvalue weighted by atomic mass is 16.5. The van der Waals surface area contributed by atoms with Crippen LogP contribution in [-0.4, -0.2) is 26.2 Å². The lowest BCUT2D eigenvalue weighted by Crippen LogP contribution is -2.12. The maximum atomic E-state index is 13.0. The second-order valence-electron chi connectivity index (χ2n) is 7.59. The van der Waals surface area contributed by atoms with E-state index in [-0.39, 0.29) is 40.1 Å². The number of hydrogen-bond acceptors (Lipinski definition) is 8. The first-order chi connectivity index (χ1) is 16.9. The standard InChI is InChI=1S/C27H22O8/c1-16-26(35-20-10-6-18(7-11-20)27(30)32-3)25(29)22-13-12-21(15-23(22)33-16)34-24(28)14-17-4-8-19(31-2)9-5-17/h4-13,15H,14H2,1-3H3. The van der Waals surface area contributed by atoms with Gasteiger partial charge in [-0.25, -0.2) is 4.79 Å². The van der Waals surface area contributed by atoms with Crippen molar-refractivity contribution in [2.75, 3.05) is 14.2 Å². The summed E-state index contributed by atoms with van der Waals surface area (Å²) < 4.78 is 26.7. The second-order valence-corrected chi connectivity index (χ2v) is 7.59. The second kappa shape index (κ2) is 10.1. The topological polar surface area (TPSA) is 101 Å². The van der Waals surface area contributed by atoms with Gasteiger partial charge in [0.25, 0.3) is 0 Å². The lowest BCUT2D eigenvalue weighted by atomic mass is 10.1. The van der Waals surface area contributed by atoms with Crippen LogP contribution in [0.25, 0.3) is 11.0 Å². The van der Waals surface area contributed by atoms with Gasteiger partial charge in [-0.15, -0.1) is 0 Å². The molecule has 0 radical (unpaired) electrons. The third-order valence-corrected chi connectivity index (χ3v) is 5.22. The van der Waals surface area contributed by atoms with Crippen molar-refractivity contribution in [3.05, 3.63) is 93.8 Å². The van der Waals surface area contributed by atoms with Crippen LogP contribution in [0.15, 0.2) is 75.9 Å². The number of fused-ring (bicyclic) bond motifs is 1. The average Bonchev–Trinajstić information content (AvgIpc) is 2.86. The summed E-state index contributed by atoms with van der Waals surface area (Å²) in [4.78, 5) is 37.0. The van der Waals surface area contributed by atoms with Crippen molar-refractivity contribution in [1.29, 1.82) is 0 Å². The van der Waals surface area contributed by atoms with Crippen molar-refractivity contribution in [2.45, 2.75) is 13.3 Å². The van der Waals surface area contributed by atoms with E-state index in [1.165, 1.54) is 37.4 Å². The van der Waals surface area contributed by atoms with E-state index in [1.807, 2.05) is 0 Å². The fourth-order valence-electron chi connectivity index (χ4n) is 3.42. The molecular formula is C27H22O8. The van der Waals surface area contributed by atoms with Crippen LogP contribution < -0.4 is 19.6 Å². The van der Waals surface area contributed by atoms with Crippen molar-refractivity contribution < 1.29 is 33.0 Å². The van der Waals surface area contributed by atoms with Gasteiger partial charge in [-0.05, 0) is 61.0 Å². The molecule has 0 fully saturated rings. The van der Waals surface area contributed by atoms with Gasteiger partial charge in [-0.1, -0.05) is 12.1 Å². The number of methoxy groups -OCH3 is 2. The van der Waals surface area contributed by atoms with E-state index in [9.17, 15) is 14.4 Å². The molecule has 4 rings (SSSR count). The molecule has 0 amide bonds. The van der Waals surface area contributed by atoms with Crippen molar-refractivity contribution in [1.82, 2.24) is 0 Å². The van der Waals surface area contributed by atoms with Crippen LogP contribution >= 0.6 is 0 Å². The van der Waals surface area contributed by atoms with Crippen LogP contribution in [0, 0.1) is 6.92 Å². The van der Waals surface area contributed by atoms with Gasteiger partial charge in [-0.3, -0.25) is 9.59 Å². The van der Waals surface area contributed by atoms with Crippen LogP contribution in [0.4, 0.5) is 0 Å². The lowest BCUT2D eigenvalue weighted by molar-refractivity contribution is -0.133. The molecule has 0 unspecified atom stereocenters. The highest BCUT2D eigenvalue weighted by Gasteiger charge is 2.16. The fraction of sp³-hybridized carbons (Fsp3) is 0.148. The predicted octanol–water partition coefficient (Wildman–Crippen LogP) is 4.84. The molecule has 8 heteroatoms. The first kappa shape index (κ1) is 23.6. The summed E-state index contributed by atoms with van der Waals surface area (Å²) in [6.07, 6.45) is 0.0759. The predicted molar refractivity (Wildman–Crippen MR) is 127 cm³/mol. The summed E-state index contributed by atoms with van der Waals surface area (Å²) in [6.45, 7) is 1.60. The van der Waals surface area contributed by atoms with Gasteiger partial charge < -0.3 is 23.4 Å². The molecule has 0 aliphatic rings. The molecule has 0 saturated heterocycles. The monoisotopic (exact) mass is 474 g/mol.